The van der Waals surface area contributed by atoms with Gasteiger partial charge < -0.3 is 9.15 Å². The van der Waals surface area contributed by atoms with Crippen molar-refractivity contribution in [1.82, 2.24) is 0 Å². The van der Waals surface area contributed by atoms with Crippen molar-refractivity contribution in [2.45, 2.75) is 20.5 Å². The summed E-state index contributed by atoms with van der Waals surface area (Å²) >= 11 is 11.3. The normalized spacial score (nSPS) is 22.8. The van der Waals surface area contributed by atoms with Gasteiger partial charge in [-0.15, -0.1) is 6.42 Å². The highest BCUT2D eigenvalue weighted by Gasteiger charge is 2.61. The van der Waals surface area contributed by atoms with Crippen molar-refractivity contribution in [1.29, 1.82) is 0 Å². The Kier molecular flexibility index (Phi) is 4.17. The molecule has 2 rings (SSSR count). The Labute approximate surface area is 127 Å². The molecule has 20 heavy (non-hydrogen) atoms. The Hall–Kier alpha value is -1.37. The van der Waals surface area contributed by atoms with Crippen molar-refractivity contribution in [3.63, 3.8) is 0 Å². The SMILES string of the molecule is C#Cc1ccc(COC(=O)[C@@H]2[C@@H](C=C(Cl)Cl)C2(C)C)o1. The molecule has 3 nitrogen and oxygen atoms in total. The molecule has 0 spiro atoms. The number of hydrogen-bond acceptors (Lipinski definition) is 3. The van der Waals surface area contributed by atoms with Crippen LogP contribution in [0.2, 0.25) is 0 Å². The largest absolute Gasteiger partial charge is 0.457 e. The third kappa shape index (κ3) is 3.03. The number of carbonyl (C=O) groups excluding carboxylic acids is 1. The van der Waals surface area contributed by atoms with Gasteiger partial charge in [-0.05, 0) is 35.5 Å². The average molecular weight is 313 g/mol. The molecule has 0 aliphatic heterocycles. The molecule has 1 aromatic heterocycles. The molecule has 106 valence electrons. The van der Waals surface area contributed by atoms with E-state index in [4.69, 9.17) is 38.8 Å². The van der Waals surface area contributed by atoms with Crippen LogP contribution in [0.15, 0.2) is 27.1 Å². The van der Waals surface area contributed by atoms with Crippen LogP contribution < -0.4 is 0 Å². The van der Waals surface area contributed by atoms with Gasteiger partial charge in [0, 0.05) is 0 Å². The number of carbonyl (C=O) groups is 1. The standard InChI is InChI=1S/C15H14Cl2O3/c1-4-9-5-6-10(20-9)8-19-14(18)13-11(7-12(16)17)15(13,2)3/h1,5-7,11,13H,8H2,2-3H3/t11-,13+/m1/s1. The number of esters is 1. The summed E-state index contributed by atoms with van der Waals surface area (Å²) in [6, 6.07) is 3.34. The second kappa shape index (κ2) is 5.55. The fraction of sp³-hybridized carbons (Fsp3) is 0.400. The van der Waals surface area contributed by atoms with Crippen molar-refractivity contribution in [3.8, 4) is 12.3 Å². The van der Waals surface area contributed by atoms with E-state index in [-0.39, 0.29) is 34.3 Å². The van der Waals surface area contributed by atoms with E-state index in [1.807, 2.05) is 13.8 Å². The zero-order chi connectivity index (χ0) is 14.9. The predicted molar refractivity (Wildman–Crippen MR) is 77.0 cm³/mol. The van der Waals surface area contributed by atoms with Crippen molar-refractivity contribution in [2.75, 3.05) is 0 Å². The number of ether oxygens (including phenoxy) is 1. The quantitative estimate of drug-likeness (QED) is 0.625. The van der Waals surface area contributed by atoms with Gasteiger partial charge in [-0.1, -0.05) is 37.0 Å². The summed E-state index contributed by atoms with van der Waals surface area (Å²) in [7, 11) is 0. The second-order valence-corrected chi connectivity index (χ2v) is 6.31. The highest BCUT2D eigenvalue weighted by Crippen LogP contribution is 2.60. The number of furan rings is 1. The maximum absolute atomic E-state index is 12.0. The molecular formula is C15H14Cl2O3. The summed E-state index contributed by atoms with van der Waals surface area (Å²) in [6.45, 7) is 4.01. The number of terminal acetylenes is 1. The highest BCUT2D eigenvalue weighted by atomic mass is 35.5. The summed E-state index contributed by atoms with van der Waals surface area (Å²) in [5.41, 5.74) is -0.195. The molecule has 1 heterocycles. The number of halogens is 2. The van der Waals surface area contributed by atoms with Gasteiger partial charge in [0.25, 0.3) is 0 Å². The monoisotopic (exact) mass is 312 g/mol. The zero-order valence-corrected chi connectivity index (χ0v) is 12.7. The lowest BCUT2D eigenvalue weighted by molar-refractivity contribution is -0.148. The Morgan fingerprint density at radius 3 is 2.80 bits per heavy atom. The average Bonchev–Trinajstić information content (AvgIpc) is 2.77. The lowest BCUT2D eigenvalue weighted by Crippen LogP contribution is -2.10. The molecule has 0 saturated heterocycles. The molecule has 0 amide bonds. The third-order valence-electron chi connectivity index (χ3n) is 3.63. The van der Waals surface area contributed by atoms with Gasteiger partial charge in [0.15, 0.2) is 5.76 Å². The van der Waals surface area contributed by atoms with E-state index < -0.39 is 0 Å². The summed E-state index contributed by atoms with van der Waals surface area (Å²) in [5.74, 6) is 2.77. The van der Waals surface area contributed by atoms with Crippen LogP contribution in [0, 0.1) is 29.6 Å². The molecule has 0 unspecified atom stereocenters. The van der Waals surface area contributed by atoms with Gasteiger partial charge in [-0.25, -0.2) is 0 Å². The van der Waals surface area contributed by atoms with Crippen LogP contribution >= 0.6 is 23.2 Å². The summed E-state index contributed by atoms with van der Waals surface area (Å²) in [4.78, 5) is 12.0. The lowest BCUT2D eigenvalue weighted by Gasteiger charge is -2.03. The van der Waals surface area contributed by atoms with Crippen LogP contribution in [0.1, 0.15) is 25.4 Å². The van der Waals surface area contributed by atoms with Gasteiger partial charge >= 0.3 is 5.97 Å². The van der Waals surface area contributed by atoms with Crippen LogP contribution in [0.4, 0.5) is 0 Å². The fourth-order valence-electron chi connectivity index (χ4n) is 2.34. The maximum atomic E-state index is 12.0. The van der Waals surface area contributed by atoms with Crippen molar-refractivity contribution >= 4 is 29.2 Å². The molecule has 2 atom stereocenters. The van der Waals surface area contributed by atoms with Gasteiger partial charge in [0.2, 0.25) is 0 Å². The van der Waals surface area contributed by atoms with E-state index >= 15 is 0 Å². The van der Waals surface area contributed by atoms with Crippen molar-refractivity contribution in [3.05, 3.63) is 34.2 Å². The molecule has 0 aromatic carbocycles. The molecule has 1 saturated carbocycles. The van der Waals surface area contributed by atoms with Crippen LogP contribution in [-0.2, 0) is 16.1 Å². The Bertz CT molecular complexity index is 589. The van der Waals surface area contributed by atoms with Gasteiger partial charge in [0.05, 0.1) is 5.92 Å². The summed E-state index contributed by atoms with van der Waals surface area (Å²) in [6.07, 6.45) is 6.87. The predicted octanol–water partition coefficient (Wildman–Crippen LogP) is 3.90. The number of allylic oxidation sites excluding steroid dienone is 1. The Morgan fingerprint density at radius 2 is 2.25 bits per heavy atom. The van der Waals surface area contributed by atoms with Crippen LogP contribution in [0.5, 0.6) is 0 Å². The molecular weight excluding hydrogens is 299 g/mol. The Morgan fingerprint density at radius 1 is 1.55 bits per heavy atom. The van der Waals surface area contributed by atoms with Gasteiger partial charge in [-0.2, -0.15) is 0 Å². The molecule has 0 bridgehead atoms. The first-order valence-electron chi connectivity index (χ1n) is 6.11. The molecule has 5 heteroatoms. The Balaban J connectivity index is 1.93. The van der Waals surface area contributed by atoms with Crippen LogP contribution in [0.25, 0.3) is 0 Å². The minimum atomic E-state index is -0.288. The first-order valence-corrected chi connectivity index (χ1v) is 6.86. The zero-order valence-electron chi connectivity index (χ0n) is 11.2. The minimum Gasteiger partial charge on any atom is -0.457 e. The first-order chi connectivity index (χ1) is 9.36. The van der Waals surface area contributed by atoms with E-state index in [1.54, 1.807) is 18.2 Å². The van der Waals surface area contributed by atoms with Gasteiger partial charge in [-0.3, -0.25) is 4.79 Å². The van der Waals surface area contributed by atoms with E-state index in [1.165, 1.54) is 0 Å². The topological polar surface area (TPSA) is 39.4 Å². The first kappa shape index (κ1) is 15.0. The van der Waals surface area contributed by atoms with Crippen molar-refractivity contribution < 1.29 is 13.9 Å². The molecule has 1 aromatic rings. The molecule has 0 radical (unpaired) electrons. The third-order valence-corrected chi connectivity index (χ3v) is 3.88. The summed E-state index contributed by atoms with van der Waals surface area (Å²) < 4.78 is 10.7. The molecule has 1 fully saturated rings. The van der Waals surface area contributed by atoms with Gasteiger partial charge in [0.1, 0.15) is 16.9 Å². The van der Waals surface area contributed by atoms with E-state index in [0.29, 0.717) is 11.5 Å². The highest BCUT2D eigenvalue weighted by molar-refractivity contribution is 6.55. The fourth-order valence-corrected chi connectivity index (χ4v) is 2.61. The molecule has 0 N–H and O–H groups in total. The van der Waals surface area contributed by atoms with E-state index in [0.717, 1.165) is 0 Å². The van der Waals surface area contributed by atoms with E-state index in [9.17, 15) is 4.79 Å². The number of rotatable bonds is 4. The minimum absolute atomic E-state index is 0.00197. The smallest absolute Gasteiger partial charge is 0.310 e. The van der Waals surface area contributed by atoms with Crippen molar-refractivity contribution in [2.24, 2.45) is 17.3 Å². The molecule has 1 aliphatic carbocycles. The maximum Gasteiger partial charge on any atom is 0.310 e. The molecule has 1 aliphatic rings. The van der Waals surface area contributed by atoms with E-state index in [2.05, 4.69) is 5.92 Å². The lowest BCUT2D eigenvalue weighted by atomic mass is 10.1. The summed E-state index contributed by atoms with van der Waals surface area (Å²) in [5, 5.41) is 0. The van der Waals surface area contributed by atoms with Crippen LogP contribution in [-0.4, -0.2) is 5.97 Å². The second-order valence-electron chi connectivity index (χ2n) is 5.30. The van der Waals surface area contributed by atoms with Crippen LogP contribution in [0.3, 0.4) is 0 Å². The number of hydrogen-bond donors (Lipinski definition) is 0.